The number of rotatable bonds is 3. The van der Waals surface area contributed by atoms with Gasteiger partial charge in [0.05, 0.1) is 34.4 Å². The molecule has 1 N–H and O–H groups in total. The molecular weight excluding hydrogens is 491 g/mol. The fourth-order valence-electron chi connectivity index (χ4n) is 2.93. The van der Waals surface area contributed by atoms with E-state index in [0.29, 0.717) is 0 Å². The van der Waals surface area contributed by atoms with Gasteiger partial charge in [-0.3, -0.25) is 0 Å². The first-order valence-electron chi connectivity index (χ1n) is 8.13. The first kappa shape index (κ1) is 24.4. The molecule has 0 heterocycles. The maximum Gasteiger partial charge on any atom is 0.200 e. The second-order valence-corrected chi connectivity index (χ2v) is 6.22. The molecule has 1 nitrogen and oxygen atoms in total. The predicted molar refractivity (Wildman–Crippen MR) is 82.7 cm³/mol. The van der Waals surface area contributed by atoms with Crippen molar-refractivity contribution in [3.8, 4) is 22.3 Å². The second-order valence-electron chi connectivity index (χ2n) is 6.22. The zero-order valence-corrected chi connectivity index (χ0v) is 15.1. The Morgan fingerprint density at radius 2 is 0.485 bits per heavy atom. The largest absolute Gasteiger partial charge is 0.391 e. The van der Waals surface area contributed by atoms with Gasteiger partial charge in [0.25, 0.3) is 0 Å². The quantitative estimate of drug-likeness (QED) is 0.257. The van der Waals surface area contributed by atoms with Crippen molar-refractivity contribution in [1.82, 2.24) is 0 Å². The van der Waals surface area contributed by atoms with E-state index in [9.17, 15) is 57.1 Å². The lowest BCUT2D eigenvalue weighted by atomic mass is 9.94. The van der Waals surface area contributed by atoms with Crippen molar-refractivity contribution in [2.24, 2.45) is 0 Å². The number of benzene rings is 3. The van der Waals surface area contributed by atoms with Crippen LogP contribution in [-0.4, -0.2) is 5.11 Å². The van der Waals surface area contributed by atoms with E-state index in [1.807, 2.05) is 0 Å². The van der Waals surface area contributed by atoms with E-state index in [0.717, 1.165) is 0 Å². The molecule has 0 unspecified atom stereocenters. The van der Waals surface area contributed by atoms with Crippen molar-refractivity contribution in [3.63, 3.8) is 0 Å². The average molecular weight is 494 g/mol. The summed E-state index contributed by atoms with van der Waals surface area (Å²) in [5.74, 6) is -35.8. The van der Waals surface area contributed by atoms with E-state index in [1.165, 1.54) is 0 Å². The number of aliphatic hydroxyl groups is 1. The van der Waals surface area contributed by atoms with Gasteiger partial charge in [0, 0.05) is 0 Å². The lowest BCUT2D eigenvalue weighted by Crippen LogP contribution is -2.12. The number of hydrogen-bond acceptors (Lipinski definition) is 1. The van der Waals surface area contributed by atoms with Gasteiger partial charge in [0.1, 0.15) is 0 Å². The Balaban J connectivity index is 2.49. The number of halogens is 13. The molecule has 0 amide bonds. The van der Waals surface area contributed by atoms with E-state index in [4.69, 9.17) is 5.11 Å². The van der Waals surface area contributed by atoms with Crippen LogP contribution in [0.2, 0.25) is 0 Å². The SMILES string of the molecule is OCc1c(F)c(F)c(-c2c(F)c(F)c(-c3c(F)c(F)c(F)c(F)c3F)c(F)c2F)c(F)c1F. The number of hydrogen-bond donors (Lipinski definition) is 1. The topological polar surface area (TPSA) is 20.2 Å². The van der Waals surface area contributed by atoms with E-state index in [2.05, 4.69) is 0 Å². The molecule has 0 aromatic heterocycles. The Labute approximate surface area is 173 Å². The van der Waals surface area contributed by atoms with Crippen LogP contribution in [0.1, 0.15) is 5.56 Å². The van der Waals surface area contributed by atoms with Crippen molar-refractivity contribution >= 4 is 0 Å². The molecule has 176 valence electrons. The lowest BCUT2D eigenvalue weighted by molar-refractivity contribution is 0.263. The smallest absolute Gasteiger partial charge is 0.200 e. The molecule has 0 saturated carbocycles. The molecule has 0 aliphatic heterocycles. The van der Waals surface area contributed by atoms with Crippen LogP contribution in [0.25, 0.3) is 22.3 Å². The van der Waals surface area contributed by atoms with Crippen LogP contribution in [-0.2, 0) is 6.61 Å². The normalized spacial score (nSPS) is 11.5. The first-order valence-corrected chi connectivity index (χ1v) is 8.13. The standard InChI is InChI=1S/C19H3F13O/c20-7-2(1-33)8(21)10(23)3(9(7)22)4-11(24)13(26)5(14(27)12(4)25)6-15(28)17(30)19(32)18(31)16(6)29/h33H,1H2. The average Bonchev–Trinajstić information content (AvgIpc) is 2.78. The summed E-state index contributed by atoms with van der Waals surface area (Å²) in [5, 5.41) is 8.75. The van der Waals surface area contributed by atoms with Crippen molar-refractivity contribution in [2.45, 2.75) is 6.61 Å². The third-order valence-electron chi connectivity index (χ3n) is 4.49. The van der Waals surface area contributed by atoms with Crippen molar-refractivity contribution < 1.29 is 62.2 Å². The summed E-state index contributed by atoms with van der Waals surface area (Å²) < 4.78 is 182. The van der Waals surface area contributed by atoms with Crippen molar-refractivity contribution in [2.75, 3.05) is 0 Å². The first-order chi connectivity index (χ1) is 15.3. The molecular formula is C19H3F13O. The van der Waals surface area contributed by atoms with Gasteiger partial charge in [-0.1, -0.05) is 0 Å². The van der Waals surface area contributed by atoms with Crippen LogP contribution in [0, 0.1) is 75.6 Å². The van der Waals surface area contributed by atoms with Gasteiger partial charge in [-0.15, -0.1) is 0 Å². The van der Waals surface area contributed by atoms with E-state index >= 15 is 0 Å². The van der Waals surface area contributed by atoms with E-state index in [-0.39, 0.29) is 0 Å². The summed E-state index contributed by atoms with van der Waals surface area (Å²) in [6.45, 7) is -1.65. The minimum atomic E-state index is -2.92. The molecule has 0 aliphatic carbocycles. The van der Waals surface area contributed by atoms with Crippen LogP contribution in [0.5, 0.6) is 0 Å². The van der Waals surface area contributed by atoms with Gasteiger partial charge in [-0.25, -0.2) is 57.1 Å². The third kappa shape index (κ3) is 3.31. The molecule has 0 radical (unpaired) electrons. The van der Waals surface area contributed by atoms with Crippen LogP contribution in [0.4, 0.5) is 57.1 Å². The van der Waals surface area contributed by atoms with Crippen molar-refractivity contribution in [1.29, 1.82) is 0 Å². The summed E-state index contributed by atoms with van der Waals surface area (Å²) in [6.07, 6.45) is 0. The molecule has 0 atom stereocenters. The Hall–Kier alpha value is -3.29. The van der Waals surface area contributed by atoms with Gasteiger partial charge in [0.15, 0.2) is 69.8 Å². The summed E-state index contributed by atoms with van der Waals surface area (Å²) in [5.41, 5.74) is -11.4. The second kappa shape index (κ2) is 8.24. The van der Waals surface area contributed by atoms with Gasteiger partial charge < -0.3 is 5.11 Å². The molecule has 0 fully saturated rings. The summed E-state index contributed by atoms with van der Waals surface area (Å²) in [6, 6.07) is 0. The van der Waals surface area contributed by atoms with Gasteiger partial charge in [-0.2, -0.15) is 0 Å². The molecule has 14 heteroatoms. The Morgan fingerprint density at radius 3 is 0.727 bits per heavy atom. The lowest BCUT2D eigenvalue weighted by Gasteiger charge is -2.16. The fraction of sp³-hybridized carbons (Fsp3) is 0.0526. The Morgan fingerprint density at radius 1 is 0.303 bits per heavy atom. The van der Waals surface area contributed by atoms with E-state index in [1.54, 1.807) is 0 Å². The molecule has 0 aliphatic rings. The highest BCUT2D eigenvalue weighted by molar-refractivity contribution is 5.75. The molecule has 33 heavy (non-hydrogen) atoms. The third-order valence-corrected chi connectivity index (χ3v) is 4.49. The summed E-state index contributed by atoms with van der Waals surface area (Å²) >= 11 is 0. The minimum absolute atomic E-state index is 1.65. The Bertz CT molecular complexity index is 1250. The van der Waals surface area contributed by atoms with Crippen LogP contribution in [0.3, 0.4) is 0 Å². The summed E-state index contributed by atoms with van der Waals surface area (Å²) in [4.78, 5) is 0. The predicted octanol–water partition coefficient (Wildman–Crippen LogP) is 6.32. The highest BCUT2D eigenvalue weighted by Gasteiger charge is 2.37. The zero-order chi connectivity index (χ0) is 25.1. The van der Waals surface area contributed by atoms with Crippen LogP contribution < -0.4 is 0 Å². The van der Waals surface area contributed by atoms with Gasteiger partial charge in [-0.05, 0) is 0 Å². The highest BCUT2D eigenvalue weighted by atomic mass is 19.2. The highest BCUT2D eigenvalue weighted by Crippen LogP contribution is 2.42. The van der Waals surface area contributed by atoms with Gasteiger partial charge in [0.2, 0.25) is 5.82 Å². The summed E-state index contributed by atoms with van der Waals surface area (Å²) in [7, 11) is 0. The molecule has 3 rings (SSSR count). The monoisotopic (exact) mass is 494 g/mol. The molecule has 3 aromatic rings. The van der Waals surface area contributed by atoms with E-state index < -0.39 is 110 Å². The molecule has 3 aromatic carbocycles. The molecule has 0 spiro atoms. The van der Waals surface area contributed by atoms with Crippen molar-refractivity contribution in [3.05, 3.63) is 81.2 Å². The molecule has 0 bridgehead atoms. The van der Waals surface area contributed by atoms with Gasteiger partial charge >= 0.3 is 0 Å². The van der Waals surface area contributed by atoms with Crippen LogP contribution >= 0.6 is 0 Å². The maximum absolute atomic E-state index is 14.5. The fourth-order valence-corrected chi connectivity index (χ4v) is 2.93. The number of aliphatic hydroxyl groups excluding tert-OH is 1. The minimum Gasteiger partial charge on any atom is -0.391 e. The molecule has 0 saturated heterocycles. The Kier molecular flexibility index (Phi) is 6.08. The maximum atomic E-state index is 14.5. The van der Waals surface area contributed by atoms with Crippen LogP contribution in [0.15, 0.2) is 0 Å². The zero-order valence-electron chi connectivity index (χ0n) is 15.1.